The number of rotatable bonds is 4. The van der Waals surface area contributed by atoms with Crippen LogP contribution in [0.1, 0.15) is 103 Å². The molecule has 9 aromatic rings. The van der Waals surface area contributed by atoms with E-state index in [0.717, 1.165) is 28.2 Å². The summed E-state index contributed by atoms with van der Waals surface area (Å²) in [6, 6.07) is 57.0. The van der Waals surface area contributed by atoms with Crippen LogP contribution in [0.2, 0.25) is 0 Å². The van der Waals surface area contributed by atoms with Crippen LogP contribution in [0.15, 0.2) is 156 Å². The van der Waals surface area contributed by atoms with Gasteiger partial charge in [-0.05, 0) is 131 Å². The van der Waals surface area contributed by atoms with Crippen molar-refractivity contribution in [1.29, 1.82) is 0 Å². The fraction of sp³-hybridized carbons (Fsp3) is 0.233. The van der Waals surface area contributed by atoms with Crippen LogP contribution in [0.25, 0.3) is 66.1 Å². The Labute approximate surface area is 366 Å². The van der Waals surface area contributed by atoms with Gasteiger partial charge in [0.2, 0.25) is 0 Å². The van der Waals surface area contributed by atoms with Gasteiger partial charge in [-0.1, -0.05) is 172 Å². The van der Waals surface area contributed by atoms with Crippen molar-refractivity contribution in [3.8, 4) is 33.4 Å². The lowest BCUT2D eigenvalue weighted by atomic mass is 9.77. The van der Waals surface area contributed by atoms with Crippen LogP contribution in [0.5, 0.6) is 0 Å². The van der Waals surface area contributed by atoms with Crippen molar-refractivity contribution in [3.05, 3.63) is 185 Å². The molecule has 8 aromatic carbocycles. The van der Waals surface area contributed by atoms with Crippen molar-refractivity contribution in [2.24, 2.45) is 0 Å². The zero-order chi connectivity index (χ0) is 43.1. The molecule has 2 aliphatic carbocycles. The zero-order valence-electron chi connectivity index (χ0n) is 37.8. The normalized spacial score (nSPS) is 14.9. The van der Waals surface area contributed by atoms with E-state index in [2.05, 4.69) is 226 Å². The molecule has 62 heavy (non-hydrogen) atoms. The van der Waals surface area contributed by atoms with Crippen molar-refractivity contribution >= 4 is 49.8 Å². The predicted octanol–water partition coefficient (Wildman–Crippen LogP) is 17.1. The van der Waals surface area contributed by atoms with Gasteiger partial charge in [0.1, 0.15) is 11.2 Å². The number of furan rings is 1. The smallest absolute Gasteiger partial charge is 0.139 e. The van der Waals surface area contributed by atoms with Crippen LogP contribution in [0.4, 0.5) is 17.1 Å². The maximum Gasteiger partial charge on any atom is 0.139 e. The molecule has 1 aromatic heterocycles. The highest BCUT2D eigenvalue weighted by Crippen LogP contribution is 2.56. The Balaban J connectivity index is 1.11. The Morgan fingerprint density at radius 2 is 1.08 bits per heavy atom. The van der Waals surface area contributed by atoms with Gasteiger partial charge in [0.25, 0.3) is 0 Å². The number of nitrogens with zero attached hydrogens (tertiary/aromatic N) is 1. The molecule has 11 rings (SSSR count). The fourth-order valence-electron chi connectivity index (χ4n) is 11.0. The van der Waals surface area contributed by atoms with Gasteiger partial charge in [0.05, 0.1) is 0 Å². The van der Waals surface area contributed by atoms with E-state index in [4.69, 9.17) is 4.42 Å². The van der Waals surface area contributed by atoms with Gasteiger partial charge in [-0.25, -0.2) is 0 Å². The standard InChI is InChI=1S/C60H55NO/c1-57(2,3)38-32-48-54-53(62-56(48)52(33-38)58(4,5)6)31-29-46-47-34-40(27-30-50(47)60(9,10)55(46)54)61(41-26-28-45-44-19-13-14-21-49(44)59(7,8)51(45)35-41)39-24-22-37(23-25-39)43-20-15-17-36-16-11-12-18-42(36)43/h11-35H,1-10H3. The minimum atomic E-state index is -0.243. The number of fused-ring (bicyclic) bond motifs is 11. The highest BCUT2D eigenvalue weighted by atomic mass is 16.3. The van der Waals surface area contributed by atoms with Gasteiger partial charge in [-0.2, -0.15) is 0 Å². The van der Waals surface area contributed by atoms with Crippen LogP contribution < -0.4 is 4.90 Å². The lowest BCUT2D eigenvalue weighted by Gasteiger charge is -2.29. The van der Waals surface area contributed by atoms with Crippen LogP contribution in [0, 0.1) is 0 Å². The molecule has 2 nitrogen and oxygen atoms in total. The first-order valence-electron chi connectivity index (χ1n) is 22.3. The molecule has 2 heteroatoms. The Kier molecular flexibility index (Phi) is 8.12. The monoisotopic (exact) mass is 805 g/mol. The number of anilines is 3. The van der Waals surface area contributed by atoms with E-state index in [1.165, 1.54) is 88.3 Å². The third-order valence-electron chi connectivity index (χ3n) is 14.3. The SMILES string of the molecule is CC(C)(C)c1cc(C(C)(C)C)c2oc3ccc4c(c3c2c1)C(C)(C)c1ccc(N(c2ccc(-c3cccc5ccccc35)cc2)c2ccc3c(c2)C(C)(C)c2ccccc2-3)cc1-4. The quantitative estimate of drug-likeness (QED) is 0.176. The summed E-state index contributed by atoms with van der Waals surface area (Å²) in [7, 11) is 0. The third kappa shape index (κ3) is 5.61. The molecule has 0 spiro atoms. The summed E-state index contributed by atoms with van der Waals surface area (Å²) in [5.74, 6) is 0. The lowest BCUT2D eigenvalue weighted by Crippen LogP contribution is -2.17. The summed E-state index contributed by atoms with van der Waals surface area (Å²) in [4.78, 5) is 2.47. The molecule has 0 N–H and O–H groups in total. The van der Waals surface area contributed by atoms with Crippen molar-refractivity contribution in [3.63, 3.8) is 0 Å². The van der Waals surface area contributed by atoms with E-state index in [1.54, 1.807) is 0 Å². The van der Waals surface area contributed by atoms with E-state index in [-0.39, 0.29) is 21.7 Å². The Morgan fingerprint density at radius 1 is 0.452 bits per heavy atom. The average molecular weight is 806 g/mol. The predicted molar refractivity (Wildman–Crippen MR) is 264 cm³/mol. The van der Waals surface area contributed by atoms with E-state index in [9.17, 15) is 0 Å². The van der Waals surface area contributed by atoms with Crippen molar-refractivity contribution < 1.29 is 4.42 Å². The van der Waals surface area contributed by atoms with Crippen LogP contribution in [0.3, 0.4) is 0 Å². The maximum absolute atomic E-state index is 6.91. The fourth-order valence-corrected chi connectivity index (χ4v) is 11.0. The molecule has 1 heterocycles. The summed E-state index contributed by atoms with van der Waals surface area (Å²) in [6.07, 6.45) is 0. The van der Waals surface area contributed by atoms with Gasteiger partial charge in [-0.15, -0.1) is 0 Å². The highest BCUT2D eigenvalue weighted by molar-refractivity contribution is 6.12. The molecule has 0 aliphatic heterocycles. The van der Waals surface area contributed by atoms with Crippen LogP contribution in [-0.2, 0) is 21.7 Å². The molecule has 0 unspecified atom stereocenters. The summed E-state index contributed by atoms with van der Waals surface area (Å²) < 4.78 is 6.91. The third-order valence-corrected chi connectivity index (χ3v) is 14.3. The summed E-state index contributed by atoms with van der Waals surface area (Å²) in [5.41, 5.74) is 20.7. The largest absolute Gasteiger partial charge is 0.456 e. The van der Waals surface area contributed by atoms with Crippen molar-refractivity contribution in [1.82, 2.24) is 0 Å². The lowest BCUT2D eigenvalue weighted by molar-refractivity contribution is 0.559. The second kappa shape index (κ2) is 13.1. The maximum atomic E-state index is 6.91. The minimum absolute atomic E-state index is 0.00474. The van der Waals surface area contributed by atoms with Gasteiger partial charge in [0.15, 0.2) is 0 Å². The molecule has 0 saturated heterocycles. The average Bonchev–Trinajstić information content (AvgIpc) is 3.82. The second-order valence-electron chi connectivity index (χ2n) is 21.0. The van der Waals surface area contributed by atoms with Gasteiger partial charge >= 0.3 is 0 Å². The minimum Gasteiger partial charge on any atom is -0.456 e. The molecule has 306 valence electrons. The van der Waals surface area contributed by atoms with Gasteiger partial charge in [-0.3, -0.25) is 0 Å². The van der Waals surface area contributed by atoms with Gasteiger partial charge in [0, 0.05) is 44.2 Å². The molecule has 0 amide bonds. The molecule has 0 saturated carbocycles. The van der Waals surface area contributed by atoms with E-state index in [0.29, 0.717) is 0 Å². The second-order valence-corrected chi connectivity index (χ2v) is 21.0. The van der Waals surface area contributed by atoms with Gasteiger partial charge < -0.3 is 9.32 Å². The Hall–Kier alpha value is -6.38. The van der Waals surface area contributed by atoms with Crippen LogP contribution >= 0.6 is 0 Å². The van der Waals surface area contributed by atoms with E-state index in [1.807, 2.05) is 0 Å². The molecular weight excluding hydrogens is 751 g/mol. The summed E-state index contributed by atoms with van der Waals surface area (Å²) in [6.45, 7) is 23.4. The topological polar surface area (TPSA) is 16.4 Å². The van der Waals surface area contributed by atoms with E-state index >= 15 is 0 Å². The number of hydrogen-bond acceptors (Lipinski definition) is 2. The Bertz CT molecular complexity index is 3300. The first-order chi connectivity index (χ1) is 29.5. The van der Waals surface area contributed by atoms with E-state index < -0.39 is 0 Å². The molecule has 0 fully saturated rings. The zero-order valence-corrected chi connectivity index (χ0v) is 37.8. The summed E-state index contributed by atoms with van der Waals surface area (Å²) >= 11 is 0. The van der Waals surface area contributed by atoms with Crippen LogP contribution in [-0.4, -0.2) is 0 Å². The molecular formula is C60H55NO. The number of benzene rings is 8. The molecule has 0 atom stereocenters. The first kappa shape index (κ1) is 38.5. The van der Waals surface area contributed by atoms with Crippen molar-refractivity contribution in [2.75, 3.05) is 4.90 Å². The molecule has 2 aliphatic rings. The van der Waals surface area contributed by atoms with Crippen molar-refractivity contribution in [2.45, 2.75) is 90.9 Å². The first-order valence-corrected chi connectivity index (χ1v) is 22.3. The Morgan fingerprint density at radius 3 is 1.85 bits per heavy atom. The summed E-state index contributed by atoms with van der Waals surface area (Å²) in [5, 5.41) is 5.00. The number of hydrogen-bond donors (Lipinski definition) is 0. The molecule has 0 radical (unpaired) electrons. The molecule has 0 bridgehead atoms. The highest BCUT2D eigenvalue weighted by Gasteiger charge is 2.40.